The molecule has 2 aromatic carbocycles. The van der Waals surface area contributed by atoms with Gasteiger partial charge in [-0.05, 0) is 18.6 Å². The highest BCUT2D eigenvalue weighted by Gasteiger charge is 2.09. The van der Waals surface area contributed by atoms with Crippen LogP contribution in [-0.4, -0.2) is 0 Å². The van der Waals surface area contributed by atoms with Gasteiger partial charge < -0.3 is 5.73 Å². The topological polar surface area (TPSA) is 26.0 Å². The van der Waals surface area contributed by atoms with Gasteiger partial charge in [-0.25, -0.2) is 0 Å². The van der Waals surface area contributed by atoms with E-state index in [-0.39, 0.29) is 6.04 Å². The molecule has 0 saturated carbocycles. The number of fused-ring (bicyclic) bond motifs is 3. The molecule has 1 unspecified atom stereocenters. The molecule has 16 heavy (non-hydrogen) atoms. The lowest BCUT2D eigenvalue weighted by molar-refractivity contribution is 0.828. The molecule has 1 atom stereocenters. The first kappa shape index (κ1) is 9.82. The highest BCUT2D eigenvalue weighted by atomic mass is 32.1. The van der Waals surface area contributed by atoms with E-state index in [0.29, 0.717) is 0 Å². The Balaban J connectivity index is 2.49. The predicted molar refractivity (Wildman–Crippen MR) is 71.9 cm³/mol. The van der Waals surface area contributed by atoms with Crippen molar-refractivity contribution in [2.24, 2.45) is 5.73 Å². The molecule has 0 spiro atoms. The Morgan fingerprint density at radius 1 is 1.00 bits per heavy atom. The summed E-state index contributed by atoms with van der Waals surface area (Å²) in [4.78, 5) is 0. The molecule has 0 fully saturated rings. The maximum absolute atomic E-state index is 6.01. The smallest absolute Gasteiger partial charge is 0.0403 e. The highest BCUT2D eigenvalue weighted by Crippen LogP contribution is 2.36. The molecule has 1 aromatic heterocycles. The molecule has 3 aromatic rings. The van der Waals surface area contributed by atoms with Gasteiger partial charge in [-0.3, -0.25) is 0 Å². The van der Waals surface area contributed by atoms with Crippen LogP contribution in [0, 0.1) is 0 Å². The van der Waals surface area contributed by atoms with Crippen molar-refractivity contribution in [1.82, 2.24) is 0 Å². The Kier molecular flexibility index (Phi) is 2.20. The van der Waals surface area contributed by atoms with Crippen LogP contribution in [0.1, 0.15) is 18.5 Å². The van der Waals surface area contributed by atoms with E-state index in [1.807, 2.05) is 18.3 Å². The Bertz CT molecular complexity index is 652. The number of benzene rings is 2. The molecular formula is C14H13NS. The third-order valence-corrected chi connectivity index (χ3v) is 4.16. The zero-order valence-corrected chi connectivity index (χ0v) is 9.92. The van der Waals surface area contributed by atoms with Crippen molar-refractivity contribution in [2.75, 3.05) is 0 Å². The molecule has 3 rings (SSSR count). The minimum atomic E-state index is 0.0942. The zero-order valence-electron chi connectivity index (χ0n) is 9.10. The van der Waals surface area contributed by atoms with Crippen molar-refractivity contribution in [3.8, 4) is 0 Å². The van der Waals surface area contributed by atoms with Crippen LogP contribution in [0.25, 0.3) is 20.2 Å². The molecule has 1 heterocycles. The molecular weight excluding hydrogens is 214 g/mol. The van der Waals surface area contributed by atoms with Gasteiger partial charge >= 0.3 is 0 Å². The Morgan fingerprint density at radius 3 is 2.56 bits per heavy atom. The monoisotopic (exact) mass is 227 g/mol. The number of rotatable bonds is 1. The lowest BCUT2D eigenvalue weighted by Gasteiger charge is -2.05. The highest BCUT2D eigenvalue weighted by molar-refractivity contribution is 7.26. The van der Waals surface area contributed by atoms with Gasteiger partial charge in [0.2, 0.25) is 0 Å². The molecule has 0 amide bonds. The van der Waals surface area contributed by atoms with Crippen LogP contribution in [-0.2, 0) is 0 Å². The normalized spacial score (nSPS) is 13.4. The summed E-state index contributed by atoms with van der Waals surface area (Å²) in [5, 5.41) is 2.67. The largest absolute Gasteiger partial charge is 0.324 e. The number of hydrogen-bond donors (Lipinski definition) is 1. The molecule has 2 heteroatoms. The van der Waals surface area contributed by atoms with Gasteiger partial charge in [0.25, 0.3) is 0 Å². The summed E-state index contributed by atoms with van der Waals surface area (Å²) in [5.74, 6) is 0. The minimum absolute atomic E-state index is 0.0942. The summed E-state index contributed by atoms with van der Waals surface area (Å²) in [6.07, 6.45) is 0. The quantitative estimate of drug-likeness (QED) is 0.666. The van der Waals surface area contributed by atoms with Crippen LogP contribution in [0.5, 0.6) is 0 Å². The average molecular weight is 227 g/mol. The van der Waals surface area contributed by atoms with Crippen LogP contribution in [0.15, 0.2) is 42.5 Å². The molecule has 0 aliphatic heterocycles. The predicted octanol–water partition coefficient (Wildman–Crippen LogP) is 4.07. The molecule has 80 valence electrons. The van der Waals surface area contributed by atoms with E-state index in [2.05, 4.69) is 42.5 Å². The number of thiophene rings is 1. The first-order valence-corrected chi connectivity index (χ1v) is 6.25. The van der Waals surface area contributed by atoms with Gasteiger partial charge in [0, 0.05) is 26.2 Å². The van der Waals surface area contributed by atoms with Crippen molar-refractivity contribution in [1.29, 1.82) is 0 Å². The fraction of sp³-hybridized carbons (Fsp3) is 0.143. The lowest BCUT2D eigenvalue weighted by Crippen LogP contribution is -2.04. The second-order valence-electron chi connectivity index (χ2n) is 4.11. The zero-order chi connectivity index (χ0) is 11.1. The standard InChI is InChI=1S/C14H13NS/c1-9(15)10-6-4-7-12-11-5-2-3-8-13(11)16-14(10)12/h2-9H,15H2,1H3. The summed E-state index contributed by atoms with van der Waals surface area (Å²) in [6, 6.07) is 15.0. The van der Waals surface area contributed by atoms with Crippen molar-refractivity contribution >= 4 is 31.5 Å². The van der Waals surface area contributed by atoms with Crippen LogP contribution >= 0.6 is 11.3 Å². The molecule has 0 aliphatic carbocycles. The Labute approximate surface area is 98.5 Å². The van der Waals surface area contributed by atoms with E-state index >= 15 is 0 Å². The van der Waals surface area contributed by atoms with Crippen molar-refractivity contribution < 1.29 is 0 Å². The molecule has 1 nitrogen and oxygen atoms in total. The first-order chi connectivity index (χ1) is 7.77. The molecule has 0 saturated heterocycles. The fourth-order valence-corrected chi connectivity index (χ4v) is 3.44. The fourth-order valence-electron chi connectivity index (χ4n) is 2.13. The van der Waals surface area contributed by atoms with Crippen LogP contribution in [0.3, 0.4) is 0 Å². The average Bonchev–Trinajstić information content (AvgIpc) is 2.67. The summed E-state index contributed by atoms with van der Waals surface area (Å²) >= 11 is 1.84. The Morgan fingerprint density at radius 2 is 1.75 bits per heavy atom. The van der Waals surface area contributed by atoms with Crippen molar-refractivity contribution in [3.05, 3.63) is 48.0 Å². The van der Waals surface area contributed by atoms with Crippen LogP contribution < -0.4 is 5.73 Å². The van der Waals surface area contributed by atoms with Crippen LogP contribution in [0.4, 0.5) is 0 Å². The maximum Gasteiger partial charge on any atom is 0.0403 e. The Hall–Kier alpha value is -1.38. The van der Waals surface area contributed by atoms with Crippen molar-refractivity contribution in [2.45, 2.75) is 13.0 Å². The lowest BCUT2D eigenvalue weighted by atomic mass is 10.1. The van der Waals surface area contributed by atoms with Crippen LogP contribution in [0.2, 0.25) is 0 Å². The third-order valence-electron chi connectivity index (χ3n) is 2.93. The van der Waals surface area contributed by atoms with Gasteiger partial charge in [0.15, 0.2) is 0 Å². The first-order valence-electron chi connectivity index (χ1n) is 5.43. The summed E-state index contributed by atoms with van der Waals surface area (Å²) in [7, 11) is 0. The van der Waals surface area contributed by atoms with Gasteiger partial charge in [-0.1, -0.05) is 36.4 Å². The van der Waals surface area contributed by atoms with Crippen molar-refractivity contribution in [3.63, 3.8) is 0 Å². The van der Waals surface area contributed by atoms with E-state index in [4.69, 9.17) is 5.73 Å². The second-order valence-corrected chi connectivity index (χ2v) is 5.16. The van der Waals surface area contributed by atoms with E-state index in [9.17, 15) is 0 Å². The molecule has 0 radical (unpaired) electrons. The van der Waals surface area contributed by atoms with E-state index in [1.165, 1.54) is 25.7 Å². The third kappa shape index (κ3) is 1.34. The van der Waals surface area contributed by atoms with Gasteiger partial charge in [-0.15, -0.1) is 11.3 Å². The SMILES string of the molecule is CC(N)c1cccc2c1sc1ccccc12. The van der Waals surface area contributed by atoms with Gasteiger partial charge in [0.05, 0.1) is 0 Å². The second kappa shape index (κ2) is 3.58. The molecule has 0 bridgehead atoms. The number of nitrogens with two attached hydrogens (primary N) is 1. The van der Waals surface area contributed by atoms with E-state index < -0.39 is 0 Å². The minimum Gasteiger partial charge on any atom is -0.324 e. The maximum atomic E-state index is 6.01. The summed E-state index contributed by atoms with van der Waals surface area (Å²) in [5.41, 5.74) is 7.26. The summed E-state index contributed by atoms with van der Waals surface area (Å²) < 4.78 is 2.67. The van der Waals surface area contributed by atoms with Gasteiger partial charge in [-0.2, -0.15) is 0 Å². The summed E-state index contributed by atoms with van der Waals surface area (Å²) in [6.45, 7) is 2.04. The molecule has 2 N–H and O–H groups in total. The van der Waals surface area contributed by atoms with E-state index in [1.54, 1.807) is 0 Å². The van der Waals surface area contributed by atoms with E-state index in [0.717, 1.165) is 0 Å². The van der Waals surface area contributed by atoms with Gasteiger partial charge in [0.1, 0.15) is 0 Å². The number of hydrogen-bond acceptors (Lipinski definition) is 2. The molecule has 0 aliphatic rings.